The summed E-state index contributed by atoms with van der Waals surface area (Å²) in [5.74, 6) is 0. The van der Waals surface area contributed by atoms with Crippen LogP contribution in [-0.2, 0) is 14.6 Å². The van der Waals surface area contributed by atoms with Crippen molar-refractivity contribution in [3.63, 3.8) is 0 Å². The number of halogens is 1. The summed E-state index contributed by atoms with van der Waals surface area (Å²) in [5.41, 5.74) is 0.474. The summed E-state index contributed by atoms with van der Waals surface area (Å²) in [6, 6.07) is 8.62. The number of hydrogen-bond donors (Lipinski definition) is 0. The molecule has 5 heteroatoms. The number of benzene rings is 1. The topological polar surface area (TPSA) is 57.9 Å². The van der Waals surface area contributed by atoms with Gasteiger partial charge in [-0.15, -0.1) is 0 Å². The van der Waals surface area contributed by atoms with E-state index in [1.54, 1.807) is 24.3 Å². The summed E-state index contributed by atoms with van der Waals surface area (Å²) in [6.45, 7) is 1.41. The van der Waals surface area contributed by atoms with Crippen LogP contribution < -0.4 is 0 Å². The van der Waals surface area contributed by atoms with E-state index in [1.807, 2.05) is 6.07 Å². The number of nitrogens with zero attached hydrogens (tertiary/aromatic N) is 1. The van der Waals surface area contributed by atoms with E-state index in [4.69, 9.17) is 5.26 Å². The van der Waals surface area contributed by atoms with Crippen LogP contribution in [0.25, 0.3) is 0 Å². The second-order valence-corrected chi connectivity index (χ2v) is 6.70. The molecule has 0 amide bonds. The lowest BCUT2D eigenvalue weighted by Crippen LogP contribution is -2.29. The van der Waals surface area contributed by atoms with E-state index < -0.39 is 14.6 Å². The summed E-state index contributed by atoms with van der Waals surface area (Å²) in [7, 11) is -3.47. The first-order valence-electron chi connectivity index (χ1n) is 4.18. The normalized spacial score (nSPS) is 15.3. The number of rotatable bonds is 2. The van der Waals surface area contributed by atoms with Gasteiger partial charge in [0.05, 0.1) is 6.07 Å². The third kappa shape index (κ3) is 2.21. The van der Waals surface area contributed by atoms with Gasteiger partial charge in [0.25, 0.3) is 0 Å². The van der Waals surface area contributed by atoms with Crippen molar-refractivity contribution >= 4 is 25.8 Å². The van der Waals surface area contributed by atoms with Gasteiger partial charge in [-0.1, -0.05) is 28.1 Å². The van der Waals surface area contributed by atoms with Gasteiger partial charge in [-0.3, -0.25) is 0 Å². The van der Waals surface area contributed by atoms with E-state index in [1.165, 1.54) is 6.92 Å². The van der Waals surface area contributed by atoms with Gasteiger partial charge in [-0.2, -0.15) is 5.26 Å². The minimum absolute atomic E-state index is 0.474. The van der Waals surface area contributed by atoms with Gasteiger partial charge < -0.3 is 0 Å². The Morgan fingerprint density at radius 1 is 1.47 bits per heavy atom. The lowest BCUT2D eigenvalue weighted by molar-refractivity contribution is 0.577. The van der Waals surface area contributed by atoms with E-state index in [-0.39, 0.29) is 0 Å². The Morgan fingerprint density at radius 3 is 2.47 bits per heavy atom. The van der Waals surface area contributed by atoms with E-state index in [0.717, 1.165) is 10.7 Å². The standard InChI is InChI=1S/C10H10BrNO2S/c1-10(7-12,15(2,13)14)8-4-3-5-9(11)6-8/h3-6H,1-2H3. The van der Waals surface area contributed by atoms with Gasteiger partial charge in [0.2, 0.25) is 0 Å². The minimum Gasteiger partial charge on any atom is -0.227 e. The highest BCUT2D eigenvalue weighted by Gasteiger charge is 2.37. The van der Waals surface area contributed by atoms with E-state index in [0.29, 0.717) is 5.56 Å². The fourth-order valence-corrected chi connectivity index (χ4v) is 2.27. The molecule has 0 saturated heterocycles. The van der Waals surface area contributed by atoms with Crippen molar-refractivity contribution < 1.29 is 8.42 Å². The van der Waals surface area contributed by atoms with Crippen molar-refractivity contribution in [2.24, 2.45) is 0 Å². The predicted octanol–water partition coefficient (Wildman–Crippen LogP) is 2.23. The number of hydrogen-bond acceptors (Lipinski definition) is 3. The zero-order chi connectivity index (χ0) is 11.7. The maximum atomic E-state index is 11.6. The van der Waals surface area contributed by atoms with Crippen molar-refractivity contribution in [1.82, 2.24) is 0 Å². The van der Waals surface area contributed by atoms with Crippen LogP contribution in [0.3, 0.4) is 0 Å². The molecule has 0 aliphatic heterocycles. The van der Waals surface area contributed by atoms with Crippen molar-refractivity contribution in [3.8, 4) is 6.07 Å². The first-order valence-corrected chi connectivity index (χ1v) is 6.86. The van der Waals surface area contributed by atoms with Crippen LogP contribution in [-0.4, -0.2) is 14.7 Å². The molecular weight excluding hydrogens is 278 g/mol. The van der Waals surface area contributed by atoms with E-state index in [9.17, 15) is 8.42 Å². The Labute approximate surface area is 97.8 Å². The largest absolute Gasteiger partial charge is 0.227 e. The zero-order valence-corrected chi connectivity index (χ0v) is 10.8. The molecule has 3 nitrogen and oxygen atoms in total. The van der Waals surface area contributed by atoms with Crippen LogP contribution in [0.1, 0.15) is 12.5 Å². The molecule has 80 valence electrons. The molecule has 0 spiro atoms. The molecular formula is C10H10BrNO2S. The summed E-state index contributed by atoms with van der Waals surface area (Å²) in [4.78, 5) is 0. The van der Waals surface area contributed by atoms with E-state index >= 15 is 0 Å². The quantitative estimate of drug-likeness (QED) is 0.838. The van der Waals surface area contributed by atoms with Crippen LogP contribution in [0.15, 0.2) is 28.7 Å². The van der Waals surface area contributed by atoms with Gasteiger partial charge >= 0.3 is 0 Å². The average molecular weight is 288 g/mol. The summed E-state index contributed by atoms with van der Waals surface area (Å²) >= 11 is 3.25. The molecule has 0 saturated carbocycles. The molecule has 1 atom stereocenters. The number of nitriles is 1. The first-order chi connectivity index (χ1) is 6.81. The Balaban J connectivity index is 3.45. The maximum absolute atomic E-state index is 11.6. The Hall–Kier alpha value is -0.860. The molecule has 0 fully saturated rings. The van der Waals surface area contributed by atoms with Gasteiger partial charge in [0, 0.05) is 10.7 Å². The summed E-state index contributed by atoms with van der Waals surface area (Å²) in [5, 5.41) is 9.02. The van der Waals surface area contributed by atoms with E-state index in [2.05, 4.69) is 15.9 Å². The van der Waals surface area contributed by atoms with Crippen molar-refractivity contribution in [2.75, 3.05) is 6.26 Å². The molecule has 15 heavy (non-hydrogen) atoms. The Kier molecular flexibility index (Phi) is 3.22. The Bertz CT molecular complexity index is 518. The number of sulfone groups is 1. The smallest absolute Gasteiger partial charge is 0.180 e. The average Bonchev–Trinajstić information content (AvgIpc) is 2.14. The summed E-state index contributed by atoms with van der Waals surface area (Å²) in [6.07, 6.45) is 1.07. The second-order valence-electron chi connectivity index (χ2n) is 3.43. The van der Waals surface area contributed by atoms with Gasteiger partial charge in [0.15, 0.2) is 14.6 Å². The molecule has 1 rings (SSSR count). The minimum atomic E-state index is -3.47. The van der Waals surface area contributed by atoms with Crippen LogP contribution >= 0.6 is 15.9 Å². The molecule has 0 heterocycles. The molecule has 0 N–H and O–H groups in total. The van der Waals surface area contributed by atoms with Crippen LogP contribution in [0, 0.1) is 11.3 Å². The lowest BCUT2D eigenvalue weighted by atomic mass is 10.0. The molecule has 0 bridgehead atoms. The molecule has 0 radical (unpaired) electrons. The van der Waals surface area contributed by atoms with Crippen molar-refractivity contribution in [1.29, 1.82) is 5.26 Å². The monoisotopic (exact) mass is 287 g/mol. The van der Waals surface area contributed by atoms with Gasteiger partial charge in [0.1, 0.15) is 0 Å². The molecule has 1 aromatic rings. The molecule has 1 unspecified atom stereocenters. The van der Waals surface area contributed by atoms with Crippen LogP contribution in [0.2, 0.25) is 0 Å². The second kappa shape index (κ2) is 3.95. The first kappa shape index (κ1) is 12.2. The van der Waals surface area contributed by atoms with Crippen LogP contribution in [0.4, 0.5) is 0 Å². The van der Waals surface area contributed by atoms with Gasteiger partial charge in [-0.25, -0.2) is 8.42 Å². The van der Waals surface area contributed by atoms with Crippen LogP contribution in [0.5, 0.6) is 0 Å². The molecule has 0 aliphatic carbocycles. The maximum Gasteiger partial charge on any atom is 0.180 e. The highest BCUT2D eigenvalue weighted by atomic mass is 79.9. The molecule has 1 aromatic carbocycles. The third-order valence-corrected chi connectivity index (χ3v) is 4.63. The molecule has 0 aromatic heterocycles. The molecule has 0 aliphatic rings. The SMILES string of the molecule is CC(C#N)(c1cccc(Br)c1)S(C)(=O)=O. The van der Waals surface area contributed by atoms with Crippen molar-refractivity contribution in [2.45, 2.75) is 11.7 Å². The van der Waals surface area contributed by atoms with Gasteiger partial charge in [-0.05, 0) is 24.6 Å². The zero-order valence-electron chi connectivity index (χ0n) is 8.36. The lowest BCUT2D eigenvalue weighted by Gasteiger charge is -2.19. The summed E-state index contributed by atoms with van der Waals surface area (Å²) < 4.78 is 22.4. The predicted molar refractivity (Wildman–Crippen MR) is 62.0 cm³/mol. The van der Waals surface area contributed by atoms with Crippen molar-refractivity contribution in [3.05, 3.63) is 34.3 Å². The fraction of sp³-hybridized carbons (Fsp3) is 0.300. The third-order valence-electron chi connectivity index (χ3n) is 2.33. The fourth-order valence-electron chi connectivity index (χ4n) is 1.15. The highest BCUT2D eigenvalue weighted by molar-refractivity contribution is 9.10. The highest BCUT2D eigenvalue weighted by Crippen LogP contribution is 2.30. The Morgan fingerprint density at radius 2 is 2.07 bits per heavy atom.